The van der Waals surface area contributed by atoms with E-state index in [0.717, 1.165) is 12.8 Å². The van der Waals surface area contributed by atoms with E-state index in [4.69, 9.17) is 0 Å². The highest BCUT2D eigenvalue weighted by Gasteiger charge is 2.43. The molecule has 0 spiro atoms. The Morgan fingerprint density at radius 3 is 2.31 bits per heavy atom. The van der Waals surface area contributed by atoms with E-state index in [9.17, 15) is 5.11 Å². The van der Waals surface area contributed by atoms with Gasteiger partial charge in [-0.1, -0.05) is 39.5 Å². The third-order valence-corrected chi connectivity index (χ3v) is 4.47. The molecule has 94 valence electrons. The van der Waals surface area contributed by atoms with Gasteiger partial charge >= 0.3 is 0 Å². The van der Waals surface area contributed by atoms with Gasteiger partial charge < -0.3 is 10.4 Å². The molecule has 0 unspecified atom stereocenters. The second kappa shape index (κ2) is 5.05. The molecule has 0 heterocycles. The second-order valence-corrected chi connectivity index (χ2v) is 6.13. The van der Waals surface area contributed by atoms with Gasteiger partial charge in [-0.05, 0) is 25.7 Å². The maximum atomic E-state index is 10.8. The summed E-state index contributed by atoms with van der Waals surface area (Å²) in [4.78, 5) is 0. The molecule has 0 bridgehead atoms. The summed E-state index contributed by atoms with van der Waals surface area (Å²) in [6.07, 6.45) is 9.64. The lowest BCUT2D eigenvalue weighted by atomic mass is 9.72. The average molecular weight is 225 g/mol. The minimum Gasteiger partial charge on any atom is -0.390 e. The number of rotatable bonds is 3. The Morgan fingerprint density at radius 1 is 1.06 bits per heavy atom. The van der Waals surface area contributed by atoms with E-state index in [0.29, 0.717) is 18.0 Å². The Balaban J connectivity index is 2.03. The van der Waals surface area contributed by atoms with Crippen LogP contribution in [-0.2, 0) is 0 Å². The zero-order valence-corrected chi connectivity index (χ0v) is 10.8. The lowest BCUT2D eigenvalue weighted by Crippen LogP contribution is -2.51. The Hall–Kier alpha value is -0.0800. The van der Waals surface area contributed by atoms with Crippen LogP contribution < -0.4 is 5.32 Å². The fourth-order valence-electron chi connectivity index (χ4n) is 3.76. The molecular weight excluding hydrogens is 198 g/mol. The number of nitrogens with one attached hydrogen (secondary N) is 1. The van der Waals surface area contributed by atoms with Gasteiger partial charge in [-0.15, -0.1) is 0 Å². The lowest BCUT2D eigenvalue weighted by Gasteiger charge is -2.42. The quantitative estimate of drug-likeness (QED) is 0.774. The molecule has 2 N–H and O–H groups in total. The van der Waals surface area contributed by atoms with Gasteiger partial charge in [0.05, 0.1) is 5.60 Å². The van der Waals surface area contributed by atoms with Crippen molar-refractivity contribution in [3.05, 3.63) is 0 Å². The second-order valence-electron chi connectivity index (χ2n) is 6.13. The van der Waals surface area contributed by atoms with Gasteiger partial charge in [-0.3, -0.25) is 0 Å². The average Bonchev–Trinajstić information content (AvgIpc) is 2.66. The van der Waals surface area contributed by atoms with Crippen LogP contribution in [-0.4, -0.2) is 22.8 Å². The summed E-state index contributed by atoms with van der Waals surface area (Å²) < 4.78 is 0. The predicted octanol–water partition coefficient (Wildman–Crippen LogP) is 2.85. The van der Waals surface area contributed by atoms with Crippen LogP contribution in [0.1, 0.15) is 65.2 Å². The van der Waals surface area contributed by atoms with Crippen molar-refractivity contribution in [2.24, 2.45) is 5.92 Å². The van der Waals surface area contributed by atoms with E-state index in [2.05, 4.69) is 19.2 Å². The van der Waals surface area contributed by atoms with E-state index in [1.165, 1.54) is 38.5 Å². The van der Waals surface area contributed by atoms with Gasteiger partial charge in [0.25, 0.3) is 0 Å². The number of hydrogen-bond donors (Lipinski definition) is 2. The van der Waals surface area contributed by atoms with Gasteiger partial charge in [0, 0.05) is 18.0 Å². The zero-order chi connectivity index (χ0) is 11.6. The van der Waals surface area contributed by atoms with Gasteiger partial charge in [0.1, 0.15) is 0 Å². The van der Waals surface area contributed by atoms with Gasteiger partial charge in [0.2, 0.25) is 0 Å². The first kappa shape index (κ1) is 12.4. The van der Waals surface area contributed by atoms with Crippen LogP contribution in [0, 0.1) is 5.92 Å². The van der Waals surface area contributed by atoms with Crippen molar-refractivity contribution in [1.82, 2.24) is 5.32 Å². The van der Waals surface area contributed by atoms with Crippen LogP contribution in [0.2, 0.25) is 0 Å². The molecule has 0 amide bonds. The van der Waals surface area contributed by atoms with Crippen LogP contribution in [0.5, 0.6) is 0 Å². The zero-order valence-electron chi connectivity index (χ0n) is 10.8. The minimum atomic E-state index is -0.340. The molecule has 2 heteroatoms. The molecule has 2 nitrogen and oxygen atoms in total. The normalized spacial score (nSPS) is 34.5. The topological polar surface area (TPSA) is 32.3 Å². The van der Waals surface area contributed by atoms with Gasteiger partial charge in [0.15, 0.2) is 0 Å². The third kappa shape index (κ3) is 2.60. The molecule has 0 radical (unpaired) electrons. The summed E-state index contributed by atoms with van der Waals surface area (Å²) in [6, 6.07) is 1.09. The van der Waals surface area contributed by atoms with Crippen molar-refractivity contribution < 1.29 is 5.11 Å². The molecule has 0 aromatic carbocycles. The van der Waals surface area contributed by atoms with E-state index in [-0.39, 0.29) is 5.60 Å². The first-order chi connectivity index (χ1) is 7.62. The Labute approximate surface area is 99.8 Å². The molecule has 2 rings (SSSR count). The minimum absolute atomic E-state index is 0.340. The molecule has 2 saturated carbocycles. The highest BCUT2D eigenvalue weighted by molar-refractivity contribution is 4.98. The van der Waals surface area contributed by atoms with Crippen LogP contribution in [0.4, 0.5) is 0 Å². The molecule has 0 aromatic heterocycles. The van der Waals surface area contributed by atoms with Crippen LogP contribution in [0.3, 0.4) is 0 Å². The number of aliphatic hydroxyl groups is 1. The lowest BCUT2D eigenvalue weighted by molar-refractivity contribution is -0.0419. The monoisotopic (exact) mass is 225 g/mol. The smallest absolute Gasteiger partial charge is 0.0690 e. The van der Waals surface area contributed by atoms with Crippen molar-refractivity contribution in [2.45, 2.75) is 82.9 Å². The van der Waals surface area contributed by atoms with E-state index in [1.54, 1.807) is 0 Å². The van der Waals surface area contributed by atoms with Crippen molar-refractivity contribution in [2.75, 3.05) is 0 Å². The largest absolute Gasteiger partial charge is 0.390 e. The Bertz CT molecular complexity index is 221. The van der Waals surface area contributed by atoms with Crippen LogP contribution in [0.25, 0.3) is 0 Å². The van der Waals surface area contributed by atoms with Gasteiger partial charge in [-0.2, -0.15) is 0 Å². The first-order valence-corrected chi connectivity index (χ1v) is 7.10. The summed E-state index contributed by atoms with van der Waals surface area (Å²) in [5.41, 5.74) is -0.340. The van der Waals surface area contributed by atoms with E-state index < -0.39 is 0 Å². The SMILES string of the molecule is CC(C)N[C@@H]1CCCC[C@@H]1C1(O)CCCC1. The summed E-state index contributed by atoms with van der Waals surface area (Å²) >= 11 is 0. The highest BCUT2D eigenvalue weighted by atomic mass is 16.3. The van der Waals surface area contributed by atoms with E-state index >= 15 is 0 Å². The molecule has 2 fully saturated rings. The van der Waals surface area contributed by atoms with Crippen molar-refractivity contribution in [1.29, 1.82) is 0 Å². The van der Waals surface area contributed by atoms with Crippen molar-refractivity contribution in [3.63, 3.8) is 0 Å². The highest BCUT2D eigenvalue weighted by Crippen LogP contribution is 2.42. The van der Waals surface area contributed by atoms with Crippen LogP contribution >= 0.6 is 0 Å². The van der Waals surface area contributed by atoms with E-state index in [1.807, 2.05) is 0 Å². The summed E-state index contributed by atoms with van der Waals surface area (Å²) in [5.74, 6) is 0.506. The summed E-state index contributed by atoms with van der Waals surface area (Å²) in [5, 5.41) is 14.4. The van der Waals surface area contributed by atoms with Crippen molar-refractivity contribution >= 4 is 0 Å². The Morgan fingerprint density at radius 2 is 1.69 bits per heavy atom. The number of hydrogen-bond acceptors (Lipinski definition) is 2. The standard InChI is InChI=1S/C14H27NO/c1-11(2)15-13-8-4-3-7-12(13)14(16)9-5-6-10-14/h11-13,15-16H,3-10H2,1-2H3/t12-,13+/m0/s1. The summed E-state index contributed by atoms with van der Waals surface area (Å²) in [7, 11) is 0. The van der Waals surface area contributed by atoms with Gasteiger partial charge in [-0.25, -0.2) is 0 Å². The molecule has 2 atom stereocenters. The fourth-order valence-corrected chi connectivity index (χ4v) is 3.76. The molecule has 0 aliphatic heterocycles. The molecule has 2 aliphatic rings. The maximum absolute atomic E-state index is 10.8. The molecule has 0 aromatic rings. The maximum Gasteiger partial charge on any atom is 0.0690 e. The predicted molar refractivity (Wildman–Crippen MR) is 67.4 cm³/mol. The molecule has 0 saturated heterocycles. The molecular formula is C14H27NO. The third-order valence-electron chi connectivity index (χ3n) is 4.47. The summed E-state index contributed by atoms with van der Waals surface area (Å²) in [6.45, 7) is 4.43. The Kier molecular flexibility index (Phi) is 3.91. The molecule has 16 heavy (non-hydrogen) atoms. The van der Waals surface area contributed by atoms with Crippen molar-refractivity contribution in [3.8, 4) is 0 Å². The van der Waals surface area contributed by atoms with Crippen LogP contribution in [0.15, 0.2) is 0 Å². The first-order valence-electron chi connectivity index (χ1n) is 7.10. The molecule has 2 aliphatic carbocycles. The fraction of sp³-hybridized carbons (Fsp3) is 1.00.